The van der Waals surface area contributed by atoms with E-state index in [0.717, 1.165) is 16.7 Å². The number of aliphatic carboxylic acids is 4. The molecule has 0 fully saturated rings. The molecular formula is C98H102N8O21. The van der Waals surface area contributed by atoms with Crippen LogP contribution in [0.25, 0.3) is 0 Å². The molecule has 29 nitrogen and oxygen atoms in total. The van der Waals surface area contributed by atoms with Crippen molar-refractivity contribution < 1.29 is 101 Å². The maximum absolute atomic E-state index is 13.0. The minimum atomic E-state index is -1.52. The molecular weight excluding hydrogens is 1630 g/mol. The number of rotatable bonds is 36. The van der Waals surface area contributed by atoms with E-state index in [0.29, 0.717) is 80.0 Å². The molecule has 13 rings (SSSR count). The van der Waals surface area contributed by atoms with E-state index in [-0.39, 0.29) is 55.7 Å². The van der Waals surface area contributed by atoms with E-state index >= 15 is 0 Å². The van der Waals surface area contributed by atoms with Crippen molar-refractivity contribution in [2.75, 3.05) is 63.5 Å². The number of aryl methyl sites for hydroxylation is 4. The second kappa shape index (κ2) is 45.4. The van der Waals surface area contributed by atoms with E-state index in [1.807, 2.05) is 195 Å². The summed E-state index contributed by atoms with van der Waals surface area (Å²) in [4.78, 5) is 83.8. The van der Waals surface area contributed by atoms with Gasteiger partial charge in [0.15, 0.2) is 28.3 Å². The average Bonchev–Trinajstić information content (AvgIpc) is 0.800. The van der Waals surface area contributed by atoms with Gasteiger partial charge in [0.2, 0.25) is 47.9 Å². The number of nitrogens with zero attached hydrogens (tertiary/aromatic N) is 8. The Hall–Kier alpha value is -14.9. The largest absolute Gasteiger partial charge is 0.493 e. The number of methoxy groups -OCH3 is 8. The Morgan fingerprint density at radius 2 is 0.543 bits per heavy atom. The molecule has 0 radical (unpaired) electrons. The summed E-state index contributed by atoms with van der Waals surface area (Å²) >= 11 is 0. The molecule has 660 valence electrons. The molecule has 4 N–H and O–H groups in total. The van der Waals surface area contributed by atoms with Crippen molar-refractivity contribution in [2.45, 2.75) is 95.1 Å². The Labute approximate surface area is 736 Å². The van der Waals surface area contributed by atoms with Crippen LogP contribution in [0.4, 0.5) is 0 Å². The number of aromatic nitrogens is 8. The van der Waals surface area contributed by atoms with Crippen LogP contribution in [0.5, 0.6) is 59.1 Å². The topological polar surface area (TPSA) is 372 Å². The van der Waals surface area contributed by atoms with Crippen LogP contribution >= 0.6 is 0 Å². The van der Waals surface area contributed by atoms with Crippen LogP contribution in [-0.2, 0) is 62.0 Å². The summed E-state index contributed by atoms with van der Waals surface area (Å²) in [6.07, 6.45) is -5.28. The van der Waals surface area contributed by atoms with Crippen molar-refractivity contribution in [1.29, 1.82) is 0 Å². The van der Waals surface area contributed by atoms with E-state index in [2.05, 4.69) is 39.9 Å². The standard InChI is InChI=1S/C31H32N2O6.C22H22N2O6.C22H22N2O5.C22H22N2O4.CH4/c1-21-19-22(2)33-30(32-21)39-28(29(34)35)31(24-11-7-5-8-12-24,25-13-9-6-10-14-25)38-18-17-23-15-16-26(36-3)27(20-23)37-4;1-27-17-14-18(28-2)24-21(23-17)30-19(20(25)26)22(29-3,15-10-6-4-7-11-15)16-12-8-5-9-13-16;1-15-14-18(27-2)24-21(23-15)29-19(20(25)26)22(28-3,16-10-6-4-7-11-16)17-12-8-5-9-13-17;1-15-14-18(27-3)24-21(23-15)28-19(20(25)26)22(2,16-10-6-4-7-11-16)17-12-8-5-9-13-17;/h5-16,19-20,28H,17-18H2,1-4H3,(H,34,35);4-14,19H,1-3H3,(H,25,26);4-14,19H,1-3H3,(H,25,26);4-14,19H,1-3H3,(H,25,26);1H4. The van der Waals surface area contributed by atoms with Crippen molar-refractivity contribution in [3.05, 3.63) is 358 Å². The Balaban J connectivity index is 0.000000193. The molecule has 0 aliphatic heterocycles. The molecule has 0 amide bonds. The zero-order valence-electron chi connectivity index (χ0n) is 71.7. The number of carbonyl (C=O) groups is 4. The van der Waals surface area contributed by atoms with Crippen LogP contribution in [0, 0.1) is 27.7 Å². The van der Waals surface area contributed by atoms with Crippen molar-refractivity contribution in [1.82, 2.24) is 39.9 Å². The fraction of sp³-hybridized carbons (Fsp3) is 0.245. The molecule has 4 unspecified atom stereocenters. The van der Waals surface area contributed by atoms with Gasteiger partial charge in [-0.3, -0.25) is 0 Å². The van der Waals surface area contributed by atoms with E-state index in [1.165, 1.54) is 48.7 Å². The summed E-state index contributed by atoms with van der Waals surface area (Å²) in [6, 6.07) is 85.2. The van der Waals surface area contributed by atoms with E-state index < -0.39 is 70.5 Å². The minimum Gasteiger partial charge on any atom is -0.493 e. The molecule has 4 atom stereocenters. The number of ether oxygens (including phenoxy) is 13. The average molecular weight is 1730 g/mol. The zero-order valence-corrected chi connectivity index (χ0v) is 71.7. The normalized spacial score (nSPS) is 12.0. The molecule has 0 aliphatic carbocycles. The fourth-order valence-electron chi connectivity index (χ4n) is 14.3. The molecule has 4 aromatic heterocycles. The predicted octanol–water partition coefficient (Wildman–Crippen LogP) is 15.5. The lowest BCUT2D eigenvalue weighted by atomic mass is 9.72. The Kier molecular flexibility index (Phi) is 34.3. The second-order valence-electron chi connectivity index (χ2n) is 28.2. The Bertz CT molecular complexity index is 5470. The van der Waals surface area contributed by atoms with Crippen LogP contribution in [0.3, 0.4) is 0 Å². The summed E-state index contributed by atoms with van der Waals surface area (Å²) < 4.78 is 73.4. The van der Waals surface area contributed by atoms with E-state index in [1.54, 1.807) is 133 Å². The van der Waals surface area contributed by atoms with E-state index in [4.69, 9.17) is 61.6 Å². The third-order valence-corrected chi connectivity index (χ3v) is 20.3. The highest BCUT2D eigenvalue weighted by molar-refractivity contribution is 5.79. The highest BCUT2D eigenvalue weighted by Crippen LogP contribution is 2.44. The Morgan fingerprint density at radius 3 is 0.827 bits per heavy atom. The van der Waals surface area contributed by atoms with Gasteiger partial charge in [0, 0.05) is 49.1 Å². The molecule has 0 saturated carbocycles. The van der Waals surface area contributed by atoms with Crippen molar-refractivity contribution >= 4 is 23.9 Å². The predicted molar refractivity (Wildman–Crippen MR) is 472 cm³/mol. The molecule has 0 spiro atoms. The number of carboxylic acid groups (broad SMARTS) is 4. The summed E-state index contributed by atoms with van der Waals surface area (Å²) in [5.41, 5.74) is 3.38. The molecule has 0 bridgehead atoms. The van der Waals surface area contributed by atoms with Gasteiger partial charge in [0.05, 0.1) is 60.7 Å². The van der Waals surface area contributed by atoms with Gasteiger partial charge >= 0.3 is 47.9 Å². The van der Waals surface area contributed by atoms with Crippen LogP contribution in [-0.4, -0.2) is 172 Å². The lowest BCUT2D eigenvalue weighted by Gasteiger charge is -2.39. The van der Waals surface area contributed by atoms with Gasteiger partial charge in [0.1, 0.15) is 0 Å². The van der Waals surface area contributed by atoms with Crippen LogP contribution in [0.1, 0.15) is 87.2 Å². The lowest BCUT2D eigenvalue weighted by Crippen LogP contribution is -2.51. The number of hydrogen-bond acceptors (Lipinski definition) is 25. The van der Waals surface area contributed by atoms with Gasteiger partial charge in [-0.05, 0) is 109 Å². The molecule has 0 saturated heterocycles. The molecule has 0 aliphatic rings. The number of benzene rings is 9. The summed E-state index contributed by atoms with van der Waals surface area (Å²) in [5, 5.41) is 40.9. The lowest BCUT2D eigenvalue weighted by molar-refractivity contribution is -0.164. The third-order valence-electron chi connectivity index (χ3n) is 20.3. The minimum absolute atomic E-state index is 0. The first-order valence-electron chi connectivity index (χ1n) is 39.4. The quantitative estimate of drug-likeness (QED) is 0.0283. The van der Waals surface area contributed by atoms with E-state index in [9.17, 15) is 39.6 Å². The van der Waals surface area contributed by atoms with Crippen molar-refractivity contribution in [3.63, 3.8) is 0 Å². The molecule has 4 heterocycles. The first-order chi connectivity index (χ1) is 60.9. The molecule has 13 aromatic rings. The third kappa shape index (κ3) is 23.1. The summed E-state index contributed by atoms with van der Waals surface area (Å²) in [5.74, 6) is -2.64. The van der Waals surface area contributed by atoms with Gasteiger partial charge in [0.25, 0.3) is 0 Å². The highest BCUT2D eigenvalue weighted by atomic mass is 16.6. The molecule has 127 heavy (non-hydrogen) atoms. The highest BCUT2D eigenvalue weighted by Gasteiger charge is 2.53. The van der Waals surface area contributed by atoms with Crippen LogP contribution in [0.2, 0.25) is 0 Å². The van der Waals surface area contributed by atoms with Gasteiger partial charge in [-0.25, -0.2) is 39.1 Å². The van der Waals surface area contributed by atoms with Gasteiger partial charge < -0.3 is 82.0 Å². The SMILES string of the molecule is C.COc1cc(C)nc(OC(C(=O)O)C(C)(c2ccccc2)c2ccccc2)n1.COc1cc(C)nc(OC(C(=O)O)C(OC)(c2ccccc2)c2ccccc2)n1.COc1cc(OC)nc(OC(C(=O)O)C(OC)(c2ccccc2)c2ccccc2)n1.COc1ccc(CCOC(c2ccccc2)(c2ccccc2)C(Oc2nc(C)cc(C)n2)C(=O)O)cc1OC. The fourth-order valence-corrected chi connectivity index (χ4v) is 14.3. The van der Waals surface area contributed by atoms with Crippen LogP contribution < -0.4 is 47.4 Å². The maximum atomic E-state index is 13.0. The number of hydrogen-bond donors (Lipinski definition) is 4. The monoisotopic (exact) mass is 1730 g/mol. The maximum Gasteiger partial charge on any atom is 0.348 e. The van der Waals surface area contributed by atoms with Gasteiger partial charge in [-0.15, -0.1) is 0 Å². The van der Waals surface area contributed by atoms with Gasteiger partial charge in [-0.1, -0.05) is 256 Å². The summed E-state index contributed by atoms with van der Waals surface area (Å²) in [7, 11) is 11.9. The number of carboxylic acids is 4. The Morgan fingerprint density at radius 1 is 0.291 bits per heavy atom. The van der Waals surface area contributed by atoms with Crippen molar-refractivity contribution in [2.24, 2.45) is 0 Å². The first-order valence-corrected chi connectivity index (χ1v) is 39.4. The molecule has 9 aromatic carbocycles. The molecule has 29 heteroatoms. The van der Waals surface area contributed by atoms with Gasteiger partial charge in [-0.2, -0.15) is 19.9 Å². The smallest absolute Gasteiger partial charge is 0.348 e. The van der Waals surface area contributed by atoms with Crippen molar-refractivity contribution in [3.8, 4) is 59.1 Å². The summed E-state index contributed by atoms with van der Waals surface area (Å²) in [6.45, 7) is 9.14. The first kappa shape index (κ1) is 95.9. The zero-order chi connectivity index (χ0) is 90.4. The van der Waals surface area contributed by atoms with Crippen LogP contribution in [0.15, 0.2) is 285 Å². The second-order valence-corrected chi connectivity index (χ2v) is 28.2.